The Morgan fingerprint density at radius 1 is 1.15 bits per heavy atom. The molecule has 0 atom stereocenters. The maximum Gasteiger partial charge on any atom is 0.258 e. The Hall–Kier alpha value is -2.20. The zero-order valence-corrected chi connectivity index (χ0v) is 11.0. The Labute approximate surface area is 117 Å². The Morgan fingerprint density at radius 2 is 2.00 bits per heavy atom. The van der Waals surface area contributed by atoms with Gasteiger partial charge in [0.2, 0.25) is 0 Å². The van der Waals surface area contributed by atoms with E-state index < -0.39 is 5.82 Å². The summed E-state index contributed by atoms with van der Waals surface area (Å²) in [5, 5.41) is 3.28. The van der Waals surface area contributed by atoms with Crippen molar-refractivity contribution >= 4 is 11.6 Å². The molecular formula is C16H15FN2O. The first kappa shape index (κ1) is 12.8. The Bertz CT molecular complexity index is 642. The fourth-order valence-electron chi connectivity index (χ4n) is 2.45. The monoisotopic (exact) mass is 270 g/mol. The normalized spacial score (nSPS) is 14.6. The molecular weight excluding hydrogens is 255 g/mol. The van der Waals surface area contributed by atoms with E-state index in [1.54, 1.807) is 17.0 Å². The molecule has 1 N–H and O–H groups in total. The third-order valence-corrected chi connectivity index (χ3v) is 3.43. The largest absolute Gasteiger partial charge is 0.311 e. The third kappa shape index (κ3) is 2.42. The number of rotatable bonds is 1. The molecule has 0 fully saturated rings. The van der Waals surface area contributed by atoms with Gasteiger partial charge in [-0.2, -0.15) is 0 Å². The van der Waals surface area contributed by atoms with E-state index in [1.165, 1.54) is 12.1 Å². The molecule has 1 heterocycles. The Morgan fingerprint density at radius 3 is 2.85 bits per heavy atom. The summed E-state index contributed by atoms with van der Waals surface area (Å²) in [6.07, 6.45) is 0. The van der Waals surface area contributed by atoms with E-state index in [2.05, 4.69) is 5.32 Å². The molecule has 0 aliphatic carbocycles. The quantitative estimate of drug-likeness (QED) is 0.863. The van der Waals surface area contributed by atoms with E-state index >= 15 is 0 Å². The van der Waals surface area contributed by atoms with Crippen LogP contribution in [0.25, 0.3) is 0 Å². The van der Waals surface area contributed by atoms with Crippen LogP contribution in [0.1, 0.15) is 15.9 Å². The first-order valence-electron chi connectivity index (χ1n) is 6.62. The summed E-state index contributed by atoms with van der Waals surface area (Å²) < 4.78 is 13.3. The summed E-state index contributed by atoms with van der Waals surface area (Å²) in [5.41, 5.74) is 2.35. The van der Waals surface area contributed by atoms with Crippen LogP contribution >= 0.6 is 0 Å². The maximum atomic E-state index is 13.3. The van der Waals surface area contributed by atoms with Crippen LogP contribution in [0.5, 0.6) is 0 Å². The highest BCUT2D eigenvalue weighted by molar-refractivity contribution is 6.06. The van der Waals surface area contributed by atoms with Crippen LogP contribution in [0.15, 0.2) is 48.5 Å². The molecule has 2 aromatic rings. The second-order valence-corrected chi connectivity index (χ2v) is 4.77. The minimum Gasteiger partial charge on any atom is -0.311 e. The smallest absolute Gasteiger partial charge is 0.258 e. The lowest BCUT2D eigenvalue weighted by Crippen LogP contribution is -2.34. The van der Waals surface area contributed by atoms with Crippen molar-refractivity contribution in [2.45, 2.75) is 6.54 Å². The highest BCUT2D eigenvalue weighted by Crippen LogP contribution is 2.24. The average molecular weight is 270 g/mol. The molecule has 1 aliphatic heterocycles. The molecule has 3 rings (SSSR count). The van der Waals surface area contributed by atoms with Gasteiger partial charge in [-0.1, -0.05) is 24.3 Å². The summed E-state index contributed by atoms with van der Waals surface area (Å²) in [5.74, 6) is -0.558. The topological polar surface area (TPSA) is 32.3 Å². The van der Waals surface area contributed by atoms with Gasteiger partial charge in [-0.05, 0) is 29.8 Å². The van der Waals surface area contributed by atoms with E-state index in [0.717, 1.165) is 24.3 Å². The molecule has 0 radical (unpaired) electrons. The molecule has 20 heavy (non-hydrogen) atoms. The van der Waals surface area contributed by atoms with Crippen LogP contribution in [0.3, 0.4) is 0 Å². The van der Waals surface area contributed by atoms with Crippen LogP contribution in [-0.4, -0.2) is 19.0 Å². The van der Waals surface area contributed by atoms with Gasteiger partial charge in [0.15, 0.2) is 0 Å². The zero-order chi connectivity index (χ0) is 13.9. The first-order valence-corrected chi connectivity index (χ1v) is 6.62. The zero-order valence-electron chi connectivity index (χ0n) is 11.0. The molecule has 1 aliphatic rings. The van der Waals surface area contributed by atoms with Crippen LogP contribution in [0, 0.1) is 5.82 Å². The highest BCUT2D eigenvalue weighted by Gasteiger charge is 2.21. The number of benzene rings is 2. The van der Waals surface area contributed by atoms with Gasteiger partial charge >= 0.3 is 0 Å². The number of para-hydroxylation sites is 1. The number of anilines is 1. The highest BCUT2D eigenvalue weighted by atomic mass is 19.1. The predicted octanol–water partition coefficient (Wildman–Crippen LogP) is 2.58. The fourth-order valence-corrected chi connectivity index (χ4v) is 2.45. The van der Waals surface area contributed by atoms with Gasteiger partial charge in [0.05, 0.1) is 0 Å². The number of hydrogen-bond donors (Lipinski definition) is 1. The second-order valence-electron chi connectivity index (χ2n) is 4.77. The van der Waals surface area contributed by atoms with Crippen LogP contribution in [0.4, 0.5) is 10.1 Å². The minimum absolute atomic E-state index is 0.166. The number of nitrogens with one attached hydrogen (secondary N) is 1. The van der Waals surface area contributed by atoms with Crippen molar-refractivity contribution in [3.8, 4) is 0 Å². The average Bonchev–Trinajstić information content (AvgIpc) is 2.69. The van der Waals surface area contributed by atoms with Crippen LogP contribution in [0.2, 0.25) is 0 Å². The molecule has 3 nitrogen and oxygen atoms in total. The van der Waals surface area contributed by atoms with Crippen molar-refractivity contribution in [2.24, 2.45) is 0 Å². The first-order chi connectivity index (χ1) is 9.75. The van der Waals surface area contributed by atoms with E-state index in [0.29, 0.717) is 12.1 Å². The number of hydrogen-bond acceptors (Lipinski definition) is 2. The SMILES string of the molecule is O=C(c1cccc(F)c1)N1CCNCc2ccccc21. The van der Waals surface area contributed by atoms with Gasteiger partial charge in [0, 0.05) is 30.9 Å². The van der Waals surface area contributed by atoms with Gasteiger partial charge in [-0.15, -0.1) is 0 Å². The summed E-state index contributed by atoms with van der Waals surface area (Å²) >= 11 is 0. The van der Waals surface area contributed by atoms with Crippen LogP contribution in [-0.2, 0) is 6.54 Å². The molecule has 0 saturated carbocycles. The molecule has 0 aromatic heterocycles. The standard InChI is InChI=1S/C16H15FN2O/c17-14-6-3-5-12(10-14)16(20)19-9-8-18-11-13-4-1-2-7-15(13)19/h1-7,10,18H,8-9,11H2. The van der Waals surface area contributed by atoms with E-state index in [1.807, 2.05) is 24.3 Å². The van der Waals surface area contributed by atoms with Gasteiger partial charge in [-0.3, -0.25) is 4.79 Å². The van der Waals surface area contributed by atoms with Crippen molar-refractivity contribution in [1.29, 1.82) is 0 Å². The summed E-state index contributed by atoms with van der Waals surface area (Å²) in [7, 11) is 0. The number of fused-ring (bicyclic) bond motifs is 1. The van der Waals surface area contributed by atoms with Crippen molar-refractivity contribution in [1.82, 2.24) is 5.32 Å². The number of nitrogens with zero attached hydrogens (tertiary/aromatic N) is 1. The summed E-state index contributed by atoms with van der Waals surface area (Å²) in [6.45, 7) is 2.03. The van der Waals surface area contributed by atoms with Crippen molar-refractivity contribution in [3.05, 3.63) is 65.5 Å². The lowest BCUT2D eigenvalue weighted by molar-refractivity contribution is 0.0987. The van der Waals surface area contributed by atoms with E-state index in [9.17, 15) is 9.18 Å². The summed E-state index contributed by atoms with van der Waals surface area (Å²) in [4.78, 5) is 14.3. The van der Waals surface area contributed by atoms with Crippen LogP contribution < -0.4 is 10.2 Å². The van der Waals surface area contributed by atoms with Gasteiger partial charge in [0.1, 0.15) is 5.82 Å². The molecule has 102 valence electrons. The minimum atomic E-state index is -0.392. The van der Waals surface area contributed by atoms with E-state index in [4.69, 9.17) is 0 Å². The predicted molar refractivity (Wildman–Crippen MR) is 76.2 cm³/mol. The van der Waals surface area contributed by atoms with Crippen molar-refractivity contribution < 1.29 is 9.18 Å². The number of halogens is 1. The maximum absolute atomic E-state index is 13.3. The number of amides is 1. The lowest BCUT2D eigenvalue weighted by atomic mass is 10.1. The summed E-state index contributed by atoms with van der Waals surface area (Å²) in [6, 6.07) is 13.6. The van der Waals surface area contributed by atoms with Gasteiger partial charge in [0.25, 0.3) is 5.91 Å². The van der Waals surface area contributed by atoms with Crippen molar-refractivity contribution in [3.63, 3.8) is 0 Å². The van der Waals surface area contributed by atoms with Crippen molar-refractivity contribution in [2.75, 3.05) is 18.0 Å². The molecule has 0 saturated heterocycles. The molecule has 2 aromatic carbocycles. The molecule has 0 spiro atoms. The lowest BCUT2D eigenvalue weighted by Gasteiger charge is -2.22. The molecule has 4 heteroatoms. The van der Waals surface area contributed by atoms with Gasteiger partial charge in [-0.25, -0.2) is 4.39 Å². The number of carbonyl (C=O) groups is 1. The fraction of sp³-hybridized carbons (Fsp3) is 0.188. The molecule has 0 unspecified atom stereocenters. The molecule has 0 bridgehead atoms. The van der Waals surface area contributed by atoms with Gasteiger partial charge < -0.3 is 10.2 Å². The van der Waals surface area contributed by atoms with E-state index in [-0.39, 0.29) is 5.91 Å². The second kappa shape index (κ2) is 5.43. The Kier molecular flexibility index (Phi) is 3.48. The number of carbonyl (C=O) groups excluding carboxylic acids is 1. The third-order valence-electron chi connectivity index (χ3n) is 3.43. The molecule has 1 amide bonds. The Balaban J connectivity index is 1.99.